The van der Waals surface area contributed by atoms with Crippen molar-refractivity contribution in [2.45, 2.75) is 271 Å². The van der Waals surface area contributed by atoms with Gasteiger partial charge in [-0.25, -0.2) is 0 Å². The van der Waals surface area contributed by atoms with Crippen molar-refractivity contribution < 1.29 is 28.6 Å². The fourth-order valence-corrected chi connectivity index (χ4v) is 7.34. The van der Waals surface area contributed by atoms with Crippen LogP contribution < -0.4 is 0 Å². The highest BCUT2D eigenvalue weighted by atomic mass is 16.6. The molecule has 0 aliphatic rings. The van der Waals surface area contributed by atoms with Crippen molar-refractivity contribution >= 4 is 17.9 Å². The van der Waals surface area contributed by atoms with Crippen LogP contribution in [0.2, 0.25) is 0 Å². The first-order valence-electron chi connectivity index (χ1n) is 26.1. The molecule has 0 fully saturated rings. The maximum atomic E-state index is 12.8. The molecule has 0 aliphatic heterocycles. The molecule has 0 amide bonds. The molecule has 0 saturated heterocycles. The molecule has 354 valence electrons. The zero-order chi connectivity index (χ0) is 44.4. The Morgan fingerprint density at radius 1 is 0.344 bits per heavy atom. The van der Waals surface area contributed by atoms with Crippen LogP contribution in [0.3, 0.4) is 0 Å². The molecule has 6 heteroatoms. The van der Waals surface area contributed by atoms with E-state index in [0.29, 0.717) is 19.3 Å². The van der Waals surface area contributed by atoms with Crippen LogP contribution in [-0.2, 0) is 28.6 Å². The molecule has 0 rings (SSSR count). The minimum absolute atomic E-state index is 0.0815. The normalized spacial score (nSPS) is 12.4. The van der Waals surface area contributed by atoms with Gasteiger partial charge in [-0.2, -0.15) is 0 Å². The Bertz CT molecular complexity index is 1070. The lowest BCUT2D eigenvalue weighted by molar-refractivity contribution is -0.167. The van der Waals surface area contributed by atoms with Gasteiger partial charge in [0, 0.05) is 19.3 Å². The predicted octanol–water partition coefficient (Wildman–Crippen LogP) is 17.1. The van der Waals surface area contributed by atoms with Crippen molar-refractivity contribution in [2.75, 3.05) is 13.2 Å². The standard InChI is InChI=1S/C55H98O6/c1-4-7-10-13-16-19-22-24-26-27-28-29-30-32-33-36-39-42-45-48-54(57)60-51-52(50-59-53(56)47-44-41-38-35-21-18-15-12-9-6-3)61-55(58)49-46-43-40-37-34-31-25-23-20-17-14-11-8-5-2/h8,11,15,17-18,20,27-28,52H,4-7,9-10,12-14,16,19,21-26,29-51H2,1-3H3/b11-8-,18-15-,20-17-,28-27-. The Labute approximate surface area is 378 Å². The summed E-state index contributed by atoms with van der Waals surface area (Å²) in [4.78, 5) is 37.9. The number of allylic oxidation sites excluding steroid dienone is 8. The molecule has 0 aromatic rings. The average Bonchev–Trinajstić information content (AvgIpc) is 3.26. The van der Waals surface area contributed by atoms with E-state index in [1.165, 1.54) is 128 Å². The van der Waals surface area contributed by atoms with Crippen LogP contribution in [0.15, 0.2) is 48.6 Å². The Kier molecular flexibility index (Phi) is 47.9. The molecule has 0 aliphatic carbocycles. The zero-order valence-electron chi connectivity index (χ0n) is 40.4. The van der Waals surface area contributed by atoms with E-state index in [0.717, 1.165) is 96.3 Å². The van der Waals surface area contributed by atoms with E-state index < -0.39 is 6.10 Å². The molecule has 0 spiro atoms. The third-order valence-electron chi connectivity index (χ3n) is 11.3. The molecule has 0 aromatic heterocycles. The van der Waals surface area contributed by atoms with Crippen LogP contribution in [0.25, 0.3) is 0 Å². The molecule has 0 heterocycles. The lowest BCUT2D eigenvalue weighted by Crippen LogP contribution is -2.30. The van der Waals surface area contributed by atoms with Gasteiger partial charge in [-0.15, -0.1) is 0 Å². The van der Waals surface area contributed by atoms with Crippen LogP contribution in [0, 0.1) is 0 Å². The third kappa shape index (κ3) is 48.3. The fraction of sp³-hybridized carbons (Fsp3) is 0.800. The molecule has 6 nitrogen and oxygen atoms in total. The lowest BCUT2D eigenvalue weighted by Gasteiger charge is -2.18. The van der Waals surface area contributed by atoms with Gasteiger partial charge >= 0.3 is 17.9 Å². The van der Waals surface area contributed by atoms with Crippen LogP contribution in [0.4, 0.5) is 0 Å². The van der Waals surface area contributed by atoms with Crippen LogP contribution >= 0.6 is 0 Å². The summed E-state index contributed by atoms with van der Waals surface area (Å²) in [6.07, 6.45) is 59.6. The summed E-state index contributed by atoms with van der Waals surface area (Å²) >= 11 is 0. The van der Waals surface area contributed by atoms with Crippen LogP contribution in [0.1, 0.15) is 265 Å². The Hall–Kier alpha value is -2.63. The number of unbranched alkanes of at least 4 members (excludes halogenated alkanes) is 28. The monoisotopic (exact) mass is 855 g/mol. The average molecular weight is 855 g/mol. The molecule has 1 atom stereocenters. The van der Waals surface area contributed by atoms with Crippen molar-refractivity contribution in [2.24, 2.45) is 0 Å². The topological polar surface area (TPSA) is 78.9 Å². The predicted molar refractivity (Wildman–Crippen MR) is 261 cm³/mol. The minimum Gasteiger partial charge on any atom is -0.462 e. The van der Waals surface area contributed by atoms with Crippen molar-refractivity contribution in [1.29, 1.82) is 0 Å². The van der Waals surface area contributed by atoms with Gasteiger partial charge in [0.2, 0.25) is 0 Å². The first-order valence-corrected chi connectivity index (χ1v) is 26.1. The van der Waals surface area contributed by atoms with E-state index in [1.807, 2.05) is 0 Å². The summed E-state index contributed by atoms with van der Waals surface area (Å²) in [6.45, 7) is 6.48. The van der Waals surface area contributed by atoms with E-state index in [-0.39, 0.29) is 31.1 Å². The number of carbonyl (C=O) groups is 3. The quantitative estimate of drug-likeness (QED) is 0.0263. The summed E-state index contributed by atoms with van der Waals surface area (Å²) in [6, 6.07) is 0. The fourth-order valence-electron chi connectivity index (χ4n) is 7.34. The Morgan fingerprint density at radius 3 is 1.05 bits per heavy atom. The highest BCUT2D eigenvalue weighted by molar-refractivity contribution is 5.71. The lowest BCUT2D eigenvalue weighted by atomic mass is 10.1. The second-order valence-corrected chi connectivity index (χ2v) is 17.4. The number of carbonyl (C=O) groups excluding carboxylic acids is 3. The summed E-state index contributed by atoms with van der Waals surface area (Å²) in [5, 5.41) is 0. The van der Waals surface area contributed by atoms with E-state index in [9.17, 15) is 14.4 Å². The largest absolute Gasteiger partial charge is 0.462 e. The van der Waals surface area contributed by atoms with E-state index in [1.54, 1.807) is 0 Å². The minimum atomic E-state index is -0.781. The van der Waals surface area contributed by atoms with Crippen molar-refractivity contribution in [1.82, 2.24) is 0 Å². The number of rotatable bonds is 47. The van der Waals surface area contributed by atoms with Gasteiger partial charge in [0.25, 0.3) is 0 Å². The second kappa shape index (κ2) is 50.0. The first-order chi connectivity index (χ1) is 30.0. The highest BCUT2D eigenvalue weighted by Gasteiger charge is 2.19. The van der Waals surface area contributed by atoms with Crippen molar-refractivity contribution in [3.8, 4) is 0 Å². The molecule has 0 radical (unpaired) electrons. The molecular weight excluding hydrogens is 757 g/mol. The third-order valence-corrected chi connectivity index (χ3v) is 11.3. The molecule has 61 heavy (non-hydrogen) atoms. The van der Waals surface area contributed by atoms with E-state index >= 15 is 0 Å². The number of hydrogen-bond acceptors (Lipinski definition) is 6. The van der Waals surface area contributed by atoms with Crippen molar-refractivity contribution in [3.63, 3.8) is 0 Å². The highest BCUT2D eigenvalue weighted by Crippen LogP contribution is 2.15. The van der Waals surface area contributed by atoms with Gasteiger partial charge in [-0.3, -0.25) is 14.4 Å². The van der Waals surface area contributed by atoms with Gasteiger partial charge < -0.3 is 14.2 Å². The zero-order valence-corrected chi connectivity index (χ0v) is 40.4. The van der Waals surface area contributed by atoms with Crippen LogP contribution in [0.5, 0.6) is 0 Å². The van der Waals surface area contributed by atoms with Gasteiger partial charge in [-0.1, -0.05) is 204 Å². The number of hydrogen-bond donors (Lipinski definition) is 0. The number of esters is 3. The SMILES string of the molecule is CC/C=C\C/C=C\CCCCCCCCCC(=O)OC(COC(=O)CCCCCC/C=C\CCCC)COC(=O)CCCCCCCCC/C=C\CCCCCCCCCC. The molecule has 0 aromatic carbocycles. The Morgan fingerprint density at radius 2 is 0.656 bits per heavy atom. The van der Waals surface area contributed by atoms with Crippen LogP contribution in [-0.4, -0.2) is 37.2 Å². The molecule has 0 saturated carbocycles. The Balaban J connectivity index is 4.31. The van der Waals surface area contributed by atoms with Gasteiger partial charge in [0.15, 0.2) is 6.10 Å². The molecule has 0 bridgehead atoms. The molecule has 0 N–H and O–H groups in total. The smallest absolute Gasteiger partial charge is 0.306 e. The summed E-state index contributed by atoms with van der Waals surface area (Å²) < 4.78 is 16.8. The summed E-state index contributed by atoms with van der Waals surface area (Å²) in [5.74, 6) is -0.903. The maximum absolute atomic E-state index is 12.8. The molecule has 1 unspecified atom stereocenters. The van der Waals surface area contributed by atoms with Crippen molar-refractivity contribution in [3.05, 3.63) is 48.6 Å². The van der Waals surface area contributed by atoms with Gasteiger partial charge in [0.1, 0.15) is 13.2 Å². The van der Waals surface area contributed by atoms with E-state index in [2.05, 4.69) is 69.4 Å². The number of ether oxygens (including phenoxy) is 3. The van der Waals surface area contributed by atoms with Gasteiger partial charge in [0.05, 0.1) is 0 Å². The molecular formula is C55H98O6. The van der Waals surface area contributed by atoms with E-state index in [4.69, 9.17) is 14.2 Å². The summed E-state index contributed by atoms with van der Waals surface area (Å²) in [7, 11) is 0. The second-order valence-electron chi connectivity index (χ2n) is 17.4. The maximum Gasteiger partial charge on any atom is 0.306 e. The van der Waals surface area contributed by atoms with Gasteiger partial charge in [-0.05, 0) is 89.9 Å². The first kappa shape index (κ1) is 58.4. The summed E-state index contributed by atoms with van der Waals surface area (Å²) in [5.41, 5.74) is 0.